The van der Waals surface area contributed by atoms with Crippen molar-refractivity contribution in [3.05, 3.63) is 94.1 Å². The minimum Gasteiger partial charge on any atom is -0.493 e. The van der Waals surface area contributed by atoms with Crippen LogP contribution in [0.1, 0.15) is 47.7 Å². The number of hydrogen-bond donors (Lipinski definition) is 3. The van der Waals surface area contributed by atoms with Gasteiger partial charge >= 0.3 is 6.09 Å². The van der Waals surface area contributed by atoms with E-state index in [4.69, 9.17) is 21.1 Å². The van der Waals surface area contributed by atoms with Crippen molar-refractivity contribution in [1.82, 2.24) is 14.6 Å². The summed E-state index contributed by atoms with van der Waals surface area (Å²) >= 11 is 6.33. The van der Waals surface area contributed by atoms with Crippen molar-refractivity contribution in [2.45, 2.75) is 50.0 Å². The lowest BCUT2D eigenvalue weighted by Gasteiger charge is -2.35. The Morgan fingerprint density at radius 2 is 1.86 bits per heavy atom. The zero-order chi connectivity index (χ0) is 29.2. The molecule has 0 saturated heterocycles. The van der Waals surface area contributed by atoms with Crippen LogP contribution in [-0.2, 0) is 17.4 Å². The van der Waals surface area contributed by atoms with Crippen LogP contribution in [0.15, 0.2) is 66.7 Å². The van der Waals surface area contributed by atoms with Gasteiger partial charge in [-0.15, -0.1) is 0 Å². The molecule has 6 rings (SSSR count). The molecule has 1 fully saturated rings. The van der Waals surface area contributed by atoms with E-state index < -0.39 is 29.2 Å². The number of nitrogens with one attached hydrogen (secondary N) is 2. The van der Waals surface area contributed by atoms with E-state index in [1.54, 1.807) is 17.0 Å². The van der Waals surface area contributed by atoms with Gasteiger partial charge in [-0.3, -0.25) is 4.90 Å². The van der Waals surface area contributed by atoms with Crippen LogP contribution in [0, 0.1) is 6.92 Å². The SMILES string of the molecule is Cc1ccc(OC(=O)N2CCc3c([nH]c4ccc(Cl)cc34)[C@@H]2c2ccc(OCCC(O)CNS(=O)C3CC3)cc2)cc1. The van der Waals surface area contributed by atoms with E-state index in [-0.39, 0.29) is 11.8 Å². The molecule has 1 amide bonds. The number of amides is 1. The minimum absolute atomic E-state index is 0.231. The van der Waals surface area contributed by atoms with Crippen molar-refractivity contribution in [2.24, 2.45) is 0 Å². The lowest BCUT2D eigenvalue weighted by atomic mass is 9.92. The first-order valence-corrected chi connectivity index (χ1v) is 15.8. The van der Waals surface area contributed by atoms with Crippen molar-refractivity contribution in [2.75, 3.05) is 19.7 Å². The third kappa shape index (κ3) is 6.49. The van der Waals surface area contributed by atoms with Crippen LogP contribution in [0.4, 0.5) is 4.79 Å². The van der Waals surface area contributed by atoms with Crippen molar-refractivity contribution in [3.8, 4) is 11.5 Å². The van der Waals surface area contributed by atoms with E-state index in [0.29, 0.717) is 42.5 Å². The van der Waals surface area contributed by atoms with Crippen LogP contribution in [0.5, 0.6) is 11.5 Å². The molecule has 3 atom stereocenters. The minimum atomic E-state index is -1.07. The smallest absolute Gasteiger partial charge is 0.416 e. The topological polar surface area (TPSA) is 104 Å². The van der Waals surface area contributed by atoms with Gasteiger partial charge in [0.1, 0.15) is 17.5 Å². The van der Waals surface area contributed by atoms with Crippen LogP contribution in [0.3, 0.4) is 0 Å². The average Bonchev–Trinajstić information content (AvgIpc) is 3.78. The first kappa shape index (κ1) is 28.7. The molecule has 1 aliphatic carbocycles. The van der Waals surface area contributed by atoms with Gasteiger partial charge in [-0.05, 0) is 79.8 Å². The summed E-state index contributed by atoms with van der Waals surface area (Å²) in [5.41, 5.74) is 5.05. The standard InChI is InChI=1S/C32H34ClN3O5S/c1-20-2-7-25(8-3-20)41-32(38)36-16-14-27-28-18-22(33)6-13-29(28)35-30(27)31(36)21-4-9-24(10-5-21)40-17-15-23(37)19-34-42(39)26-11-12-26/h2-10,13,18,23,26,31,34-35,37H,11-12,14-17,19H2,1H3/t23?,31-,42?/m0/s1. The molecular weight excluding hydrogens is 574 g/mol. The average molecular weight is 608 g/mol. The Labute approximate surface area is 252 Å². The van der Waals surface area contributed by atoms with Gasteiger partial charge in [-0.2, -0.15) is 0 Å². The summed E-state index contributed by atoms with van der Waals surface area (Å²) in [4.78, 5) is 18.8. The number of fused-ring (bicyclic) bond motifs is 3. The summed E-state index contributed by atoms with van der Waals surface area (Å²) in [5, 5.41) is 12.2. The molecule has 42 heavy (non-hydrogen) atoms. The lowest BCUT2D eigenvalue weighted by Crippen LogP contribution is -2.42. The molecule has 0 spiro atoms. The summed E-state index contributed by atoms with van der Waals surface area (Å²) < 4.78 is 26.5. The maximum absolute atomic E-state index is 13.5. The molecule has 0 radical (unpaired) electrons. The number of H-pyrrole nitrogens is 1. The molecule has 1 saturated carbocycles. The first-order valence-electron chi connectivity index (χ1n) is 14.3. The molecule has 10 heteroatoms. The maximum atomic E-state index is 13.5. The number of halogens is 1. The van der Waals surface area contributed by atoms with Crippen LogP contribution in [0.2, 0.25) is 5.02 Å². The fourth-order valence-electron chi connectivity index (χ4n) is 5.31. The second-order valence-corrected chi connectivity index (χ2v) is 12.9. The Kier molecular flexibility index (Phi) is 8.53. The Hall–Kier alpha value is -3.37. The predicted octanol–water partition coefficient (Wildman–Crippen LogP) is 5.82. The van der Waals surface area contributed by atoms with Crippen LogP contribution >= 0.6 is 11.6 Å². The van der Waals surface area contributed by atoms with Gasteiger partial charge in [0.25, 0.3) is 0 Å². The summed E-state index contributed by atoms with van der Waals surface area (Å²) in [6.45, 7) is 3.07. The molecule has 220 valence electrons. The molecular formula is C32H34ClN3O5S. The first-order chi connectivity index (χ1) is 20.4. The van der Waals surface area contributed by atoms with Crippen molar-refractivity contribution in [1.29, 1.82) is 0 Å². The summed E-state index contributed by atoms with van der Waals surface area (Å²) in [6.07, 6.45) is 1.99. The number of ether oxygens (including phenoxy) is 2. The van der Waals surface area contributed by atoms with Crippen molar-refractivity contribution < 1.29 is 23.6 Å². The van der Waals surface area contributed by atoms with Crippen LogP contribution in [-0.4, -0.2) is 56.3 Å². The Morgan fingerprint density at radius 3 is 2.60 bits per heavy atom. The third-order valence-electron chi connectivity index (χ3n) is 7.75. The maximum Gasteiger partial charge on any atom is 0.416 e. The summed E-state index contributed by atoms with van der Waals surface area (Å²) in [7, 11) is -1.07. The van der Waals surface area contributed by atoms with Gasteiger partial charge in [0, 0.05) is 46.4 Å². The number of hydrogen-bond acceptors (Lipinski definition) is 5. The fraction of sp³-hybridized carbons (Fsp3) is 0.344. The Balaban J connectivity index is 1.19. The normalized spacial score (nSPS) is 18.0. The number of rotatable bonds is 10. The predicted molar refractivity (Wildman–Crippen MR) is 164 cm³/mol. The van der Waals surface area contributed by atoms with Gasteiger partial charge in [0.15, 0.2) is 0 Å². The van der Waals surface area contributed by atoms with Crippen molar-refractivity contribution >= 4 is 39.6 Å². The molecule has 8 nitrogen and oxygen atoms in total. The van der Waals surface area contributed by atoms with E-state index in [0.717, 1.165) is 46.1 Å². The molecule has 2 heterocycles. The fourth-order valence-corrected chi connectivity index (χ4v) is 6.64. The van der Waals surface area contributed by atoms with E-state index in [1.165, 1.54) is 0 Å². The number of benzene rings is 3. The highest BCUT2D eigenvalue weighted by atomic mass is 35.5. The Bertz CT molecular complexity index is 1590. The molecule has 2 aliphatic rings. The second-order valence-electron chi connectivity index (χ2n) is 10.9. The van der Waals surface area contributed by atoms with Crippen LogP contribution in [0.25, 0.3) is 10.9 Å². The number of aromatic nitrogens is 1. The van der Waals surface area contributed by atoms with Gasteiger partial charge < -0.3 is 19.6 Å². The number of aromatic amines is 1. The number of aliphatic hydroxyl groups is 1. The highest BCUT2D eigenvalue weighted by Crippen LogP contribution is 2.40. The highest BCUT2D eigenvalue weighted by molar-refractivity contribution is 7.84. The quantitative estimate of drug-likeness (QED) is 0.211. The van der Waals surface area contributed by atoms with Gasteiger partial charge in [-0.1, -0.05) is 41.4 Å². The zero-order valence-corrected chi connectivity index (χ0v) is 24.9. The number of carbonyl (C=O) groups excluding carboxylic acids is 1. The number of aliphatic hydroxyl groups excluding tert-OH is 1. The number of aryl methyl sites for hydroxylation is 1. The van der Waals surface area contributed by atoms with Gasteiger partial charge in [-0.25, -0.2) is 13.7 Å². The monoisotopic (exact) mass is 607 g/mol. The lowest BCUT2D eigenvalue weighted by molar-refractivity contribution is 0.135. The Morgan fingerprint density at radius 1 is 1.12 bits per heavy atom. The zero-order valence-electron chi connectivity index (χ0n) is 23.3. The number of nitrogens with zero attached hydrogens (tertiary/aromatic N) is 1. The highest BCUT2D eigenvalue weighted by Gasteiger charge is 2.36. The molecule has 1 aliphatic heterocycles. The van der Waals surface area contributed by atoms with E-state index in [2.05, 4.69) is 9.71 Å². The molecule has 4 aromatic rings. The van der Waals surface area contributed by atoms with E-state index in [1.807, 2.05) is 61.5 Å². The third-order valence-corrected chi connectivity index (χ3v) is 9.52. The summed E-state index contributed by atoms with van der Waals surface area (Å²) in [6, 6.07) is 20.5. The van der Waals surface area contributed by atoms with Crippen molar-refractivity contribution in [3.63, 3.8) is 0 Å². The summed E-state index contributed by atoms with van der Waals surface area (Å²) in [5.74, 6) is 1.16. The largest absolute Gasteiger partial charge is 0.493 e. The molecule has 3 aromatic carbocycles. The molecule has 3 N–H and O–H groups in total. The van der Waals surface area contributed by atoms with Gasteiger partial charge in [0.2, 0.25) is 0 Å². The van der Waals surface area contributed by atoms with E-state index in [9.17, 15) is 14.1 Å². The van der Waals surface area contributed by atoms with Crippen LogP contribution < -0.4 is 14.2 Å². The van der Waals surface area contributed by atoms with Gasteiger partial charge in [0.05, 0.1) is 23.7 Å². The molecule has 0 bridgehead atoms. The molecule has 2 unspecified atom stereocenters. The number of carbonyl (C=O) groups is 1. The molecule has 1 aromatic heterocycles. The second kappa shape index (κ2) is 12.5. The van der Waals surface area contributed by atoms with E-state index >= 15 is 0 Å².